The Morgan fingerprint density at radius 2 is 2.00 bits per heavy atom. The minimum atomic E-state index is 0.0331. The van der Waals surface area contributed by atoms with Gasteiger partial charge in [-0.15, -0.1) is 10.2 Å². The fourth-order valence-electron chi connectivity index (χ4n) is 3.50. The molecule has 0 bridgehead atoms. The van der Waals surface area contributed by atoms with Gasteiger partial charge in [0.15, 0.2) is 0 Å². The van der Waals surface area contributed by atoms with Crippen molar-refractivity contribution >= 4 is 6.03 Å². The van der Waals surface area contributed by atoms with Crippen LogP contribution in [0.25, 0.3) is 0 Å². The van der Waals surface area contributed by atoms with E-state index in [1.807, 2.05) is 41.6 Å². The Hall–Kier alpha value is -2.37. The van der Waals surface area contributed by atoms with Gasteiger partial charge in [-0.2, -0.15) is 0 Å². The second-order valence-electron chi connectivity index (χ2n) is 7.29. The molecule has 1 N–H and O–H groups in total. The lowest BCUT2D eigenvalue weighted by Gasteiger charge is -2.17. The van der Waals surface area contributed by atoms with Gasteiger partial charge in [-0.1, -0.05) is 30.3 Å². The predicted molar refractivity (Wildman–Crippen MR) is 94.8 cm³/mol. The number of carbonyl (C=O) groups is 1. The number of hydrogen-bond donors (Lipinski definition) is 1. The predicted octanol–water partition coefficient (Wildman–Crippen LogP) is 2.46. The van der Waals surface area contributed by atoms with Crippen LogP contribution in [0.2, 0.25) is 0 Å². The monoisotopic (exact) mass is 339 g/mol. The lowest BCUT2D eigenvalue weighted by Crippen LogP contribution is -2.38. The summed E-state index contributed by atoms with van der Waals surface area (Å²) in [4.78, 5) is 14.3. The highest BCUT2D eigenvalue weighted by molar-refractivity contribution is 5.74. The number of benzene rings is 1. The molecule has 25 heavy (non-hydrogen) atoms. The molecule has 1 aliphatic heterocycles. The number of hydrogen-bond acceptors (Lipinski definition) is 3. The molecule has 1 atom stereocenters. The Balaban J connectivity index is 1.26. The van der Waals surface area contributed by atoms with Gasteiger partial charge in [0.1, 0.15) is 12.2 Å². The van der Waals surface area contributed by atoms with Crippen molar-refractivity contribution in [3.05, 3.63) is 48.0 Å². The van der Waals surface area contributed by atoms with Crippen LogP contribution in [0.5, 0.6) is 0 Å². The summed E-state index contributed by atoms with van der Waals surface area (Å²) in [7, 11) is 0. The number of urea groups is 1. The maximum Gasteiger partial charge on any atom is 0.317 e. The normalized spacial score (nSPS) is 20.0. The first kappa shape index (κ1) is 16.1. The first-order valence-electron chi connectivity index (χ1n) is 9.21. The minimum absolute atomic E-state index is 0.0331. The molecule has 0 spiro atoms. The second-order valence-corrected chi connectivity index (χ2v) is 7.29. The lowest BCUT2D eigenvalue weighted by molar-refractivity contribution is 0.206. The van der Waals surface area contributed by atoms with Crippen molar-refractivity contribution < 1.29 is 4.79 Å². The third kappa shape index (κ3) is 4.18. The van der Waals surface area contributed by atoms with Crippen molar-refractivity contribution in [1.82, 2.24) is 25.0 Å². The molecule has 2 amide bonds. The van der Waals surface area contributed by atoms with E-state index in [9.17, 15) is 4.79 Å². The van der Waals surface area contributed by atoms with E-state index in [1.54, 1.807) is 0 Å². The molecule has 2 heterocycles. The van der Waals surface area contributed by atoms with Gasteiger partial charge in [-0.25, -0.2) is 4.79 Å². The summed E-state index contributed by atoms with van der Waals surface area (Å²) in [5.41, 5.74) is 1.12. The summed E-state index contributed by atoms with van der Waals surface area (Å²) in [6.45, 7) is 3.26. The third-order valence-corrected chi connectivity index (χ3v) is 5.18. The fourth-order valence-corrected chi connectivity index (χ4v) is 3.50. The van der Waals surface area contributed by atoms with E-state index < -0.39 is 0 Å². The number of carbonyl (C=O) groups excluding carboxylic acids is 1. The zero-order valence-corrected chi connectivity index (χ0v) is 14.5. The largest absolute Gasteiger partial charge is 0.334 e. The van der Waals surface area contributed by atoms with Crippen LogP contribution in [0.3, 0.4) is 0 Å². The van der Waals surface area contributed by atoms with E-state index in [2.05, 4.69) is 20.1 Å². The number of nitrogens with one attached hydrogen (secondary N) is 1. The van der Waals surface area contributed by atoms with Crippen molar-refractivity contribution in [2.24, 2.45) is 11.8 Å². The van der Waals surface area contributed by atoms with Crippen LogP contribution >= 0.6 is 0 Å². The van der Waals surface area contributed by atoms with Gasteiger partial charge in [0.2, 0.25) is 0 Å². The fraction of sp³-hybridized carbons (Fsp3) is 0.526. The van der Waals surface area contributed by atoms with Gasteiger partial charge >= 0.3 is 6.03 Å². The van der Waals surface area contributed by atoms with Gasteiger partial charge in [0, 0.05) is 32.6 Å². The average Bonchev–Trinajstić information content (AvgIpc) is 3.15. The molecule has 1 unspecified atom stereocenters. The number of likely N-dealkylation sites (tertiary alicyclic amines) is 1. The van der Waals surface area contributed by atoms with E-state index in [0.29, 0.717) is 12.5 Å². The molecule has 2 aliphatic rings. The van der Waals surface area contributed by atoms with Crippen LogP contribution in [0.15, 0.2) is 36.7 Å². The first-order chi connectivity index (χ1) is 12.3. The van der Waals surface area contributed by atoms with Gasteiger partial charge in [-0.05, 0) is 36.7 Å². The summed E-state index contributed by atoms with van der Waals surface area (Å²) in [6, 6.07) is 10.1. The number of aromatic nitrogens is 3. The molecule has 6 nitrogen and oxygen atoms in total. The summed E-state index contributed by atoms with van der Waals surface area (Å²) in [5.74, 6) is 2.37. The average molecular weight is 339 g/mol. The van der Waals surface area contributed by atoms with Crippen molar-refractivity contribution in [1.29, 1.82) is 0 Å². The first-order valence-corrected chi connectivity index (χ1v) is 9.21. The van der Waals surface area contributed by atoms with Crippen molar-refractivity contribution in [2.75, 3.05) is 13.1 Å². The molecule has 1 saturated carbocycles. The molecule has 2 aromatic rings. The Labute approximate surface area is 148 Å². The second kappa shape index (κ2) is 7.25. The SMILES string of the molecule is O=C(NCc1ccccc1)N1CCC(Cc2nncn2CC2CC2)C1. The third-order valence-electron chi connectivity index (χ3n) is 5.18. The topological polar surface area (TPSA) is 63.1 Å². The molecule has 6 heteroatoms. The summed E-state index contributed by atoms with van der Waals surface area (Å²) in [6.07, 6.45) is 6.46. The Morgan fingerprint density at radius 3 is 2.80 bits per heavy atom. The van der Waals surface area contributed by atoms with E-state index in [0.717, 1.165) is 49.8 Å². The van der Waals surface area contributed by atoms with Crippen LogP contribution in [0.4, 0.5) is 4.79 Å². The quantitative estimate of drug-likeness (QED) is 0.879. The van der Waals surface area contributed by atoms with E-state index in [4.69, 9.17) is 0 Å². The molecule has 1 aromatic carbocycles. The highest BCUT2D eigenvalue weighted by Crippen LogP contribution is 2.31. The molecule has 4 rings (SSSR count). The Kier molecular flexibility index (Phi) is 4.68. The minimum Gasteiger partial charge on any atom is -0.334 e. The molecule has 132 valence electrons. The van der Waals surface area contributed by atoms with Crippen LogP contribution in [0.1, 0.15) is 30.7 Å². The molecular weight excluding hydrogens is 314 g/mol. The molecule has 1 aromatic heterocycles. The van der Waals surface area contributed by atoms with Crippen LogP contribution < -0.4 is 5.32 Å². The summed E-state index contributed by atoms with van der Waals surface area (Å²) >= 11 is 0. The zero-order chi connectivity index (χ0) is 17.1. The lowest BCUT2D eigenvalue weighted by atomic mass is 10.0. The number of amides is 2. The maximum atomic E-state index is 12.4. The molecule has 1 aliphatic carbocycles. The van der Waals surface area contributed by atoms with Crippen molar-refractivity contribution in [2.45, 2.75) is 38.8 Å². The van der Waals surface area contributed by atoms with Gasteiger partial charge in [0.05, 0.1) is 0 Å². The smallest absolute Gasteiger partial charge is 0.317 e. The molecular formula is C19H25N5O. The van der Waals surface area contributed by atoms with E-state index in [1.165, 1.54) is 12.8 Å². The standard InChI is InChI=1S/C19H25N5O/c25-19(20-11-15-4-2-1-3-5-15)23-9-8-17(13-23)10-18-22-21-14-24(18)12-16-6-7-16/h1-5,14,16-17H,6-13H2,(H,20,25). The Morgan fingerprint density at radius 1 is 1.16 bits per heavy atom. The summed E-state index contributed by atoms with van der Waals surface area (Å²) in [5, 5.41) is 11.4. The maximum absolute atomic E-state index is 12.4. The van der Waals surface area contributed by atoms with Crippen LogP contribution in [0, 0.1) is 11.8 Å². The highest BCUT2D eigenvalue weighted by atomic mass is 16.2. The van der Waals surface area contributed by atoms with Gasteiger partial charge < -0.3 is 14.8 Å². The van der Waals surface area contributed by atoms with Gasteiger partial charge in [-0.3, -0.25) is 0 Å². The number of nitrogens with zero attached hydrogens (tertiary/aromatic N) is 4. The van der Waals surface area contributed by atoms with Gasteiger partial charge in [0.25, 0.3) is 0 Å². The zero-order valence-electron chi connectivity index (χ0n) is 14.5. The summed E-state index contributed by atoms with van der Waals surface area (Å²) < 4.78 is 2.20. The van der Waals surface area contributed by atoms with Crippen LogP contribution in [-0.4, -0.2) is 38.8 Å². The molecule has 0 radical (unpaired) electrons. The Bertz CT molecular complexity index is 710. The van der Waals surface area contributed by atoms with Crippen molar-refractivity contribution in [3.8, 4) is 0 Å². The highest BCUT2D eigenvalue weighted by Gasteiger charge is 2.28. The van der Waals surface area contributed by atoms with Crippen molar-refractivity contribution in [3.63, 3.8) is 0 Å². The van der Waals surface area contributed by atoms with Crippen LogP contribution in [-0.2, 0) is 19.5 Å². The van der Waals surface area contributed by atoms with E-state index >= 15 is 0 Å². The van der Waals surface area contributed by atoms with E-state index in [-0.39, 0.29) is 6.03 Å². The number of rotatable bonds is 6. The molecule has 1 saturated heterocycles. The molecule has 2 fully saturated rings.